The second-order valence-corrected chi connectivity index (χ2v) is 7.17. The van der Waals surface area contributed by atoms with E-state index in [1.807, 2.05) is 22.6 Å². The normalized spacial score (nSPS) is 15.6. The Balaban J connectivity index is 2.25. The standard InChI is InChI=1S/C11H12INO4S/c12-10-4-3-8(5-9(10)11(14)15)18(16,17)13-6-7-1-2-7/h3-5,7,13H,1-2,6H2,(H,14,15). The lowest BCUT2D eigenvalue weighted by Gasteiger charge is -2.07. The molecule has 0 spiro atoms. The fourth-order valence-electron chi connectivity index (χ4n) is 1.47. The number of halogens is 1. The van der Waals surface area contributed by atoms with Crippen LogP contribution in [0, 0.1) is 9.49 Å². The van der Waals surface area contributed by atoms with Gasteiger partial charge in [-0.2, -0.15) is 0 Å². The van der Waals surface area contributed by atoms with Crippen LogP contribution in [0.2, 0.25) is 0 Å². The van der Waals surface area contributed by atoms with E-state index in [-0.39, 0.29) is 10.5 Å². The summed E-state index contributed by atoms with van der Waals surface area (Å²) in [6.07, 6.45) is 2.10. The predicted octanol–water partition coefficient (Wildman–Crippen LogP) is 1.68. The number of rotatable bonds is 5. The largest absolute Gasteiger partial charge is 0.478 e. The molecule has 1 aliphatic rings. The number of carboxylic acids is 1. The minimum atomic E-state index is -3.60. The summed E-state index contributed by atoms with van der Waals surface area (Å²) in [7, 11) is -3.60. The molecule has 0 aromatic heterocycles. The third-order valence-electron chi connectivity index (χ3n) is 2.74. The van der Waals surface area contributed by atoms with E-state index < -0.39 is 16.0 Å². The number of carbonyl (C=O) groups is 1. The van der Waals surface area contributed by atoms with Crippen LogP contribution in [0.1, 0.15) is 23.2 Å². The van der Waals surface area contributed by atoms with E-state index in [0.29, 0.717) is 16.0 Å². The number of nitrogens with one attached hydrogen (secondary N) is 1. The van der Waals surface area contributed by atoms with Crippen LogP contribution in [-0.2, 0) is 10.0 Å². The summed E-state index contributed by atoms with van der Waals surface area (Å²) in [5.74, 6) is -0.693. The molecule has 0 atom stereocenters. The van der Waals surface area contributed by atoms with E-state index in [2.05, 4.69) is 4.72 Å². The van der Waals surface area contributed by atoms with Gasteiger partial charge >= 0.3 is 5.97 Å². The Kier molecular flexibility index (Phi) is 3.93. The number of sulfonamides is 1. The van der Waals surface area contributed by atoms with Gasteiger partial charge < -0.3 is 5.11 Å². The summed E-state index contributed by atoms with van der Waals surface area (Å²) in [4.78, 5) is 11.0. The van der Waals surface area contributed by atoms with Crippen molar-refractivity contribution in [3.63, 3.8) is 0 Å². The van der Waals surface area contributed by atoms with Crippen LogP contribution < -0.4 is 4.72 Å². The number of hydrogen-bond donors (Lipinski definition) is 2. The zero-order valence-electron chi connectivity index (χ0n) is 9.39. The van der Waals surface area contributed by atoms with Crippen molar-refractivity contribution in [3.8, 4) is 0 Å². The second-order valence-electron chi connectivity index (χ2n) is 4.24. The van der Waals surface area contributed by atoms with Crippen molar-refractivity contribution in [1.29, 1.82) is 0 Å². The molecule has 0 bridgehead atoms. The number of benzene rings is 1. The highest BCUT2D eigenvalue weighted by Crippen LogP contribution is 2.28. The van der Waals surface area contributed by atoms with Gasteiger partial charge in [-0.05, 0) is 59.5 Å². The lowest BCUT2D eigenvalue weighted by atomic mass is 10.2. The SMILES string of the molecule is O=C(O)c1cc(S(=O)(=O)NCC2CC2)ccc1I. The minimum absolute atomic E-state index is 0.000894. The Bertz CT molecular complexity index is 581. The van der Waals surface area contributed by atoms with E-state index in [1.54, 1.807) is 0 Å². The van der Waals surface area contributed by atoms with E-state index in [9.17, 15) is 13.2 Å². The van der Waals surface area contributed by atoms with Crippen molar-refractivity contribution in [2.45, 2.75) is 17.7 Å². The van der Waals surface area contributed by atoms with Gasteiger partial charge in [-0.15, -0.1) is 0 Å². The van der Waals surface area contributed by atoms with E-state index in [1.165, 1.54) is 18.2 Å². The van der Waals surface area contributed by atoms with E-state index >= 15 is 0 Å². The Hall–Kier alpha value is -0.670. The molecule has 1 aliphatic carbocycles. The molecule has 1 saturated carbocycles. The highest BCUT2D eigenvalue weighted by Gasteiger charge is 2.25. The van der Waals surface area contributed by atoms with Crippen molar-refractivity contribution in [2.75, 3.05) is 6.54 Å². The predicted molar refractivity (Wildman–Crippen MR) is 74.0 cm³/mol. The Morgan fingerprint density at radius 1 is 1.44 bits per heavy atom. The number of hydrogen-bond acceptors (Lipinski definition) is 3. The molecule has 0 unspecified atom stereocenters. The number of carboxylic acid groups (broad SMARTS) is 1. The first-order valence-electron chi connectivity index (χ1n) is 5.42. The monoisotopic (exact) mass is 381 g/mol. The molecule has 1 aromatic carbocycles. The molecular weight excluding hydrogens is 369 g/mol. The van der Waals surface area contributed by atoms with E-state index in [0.717, 1.165) is 12.8 Å². The van der Waals surface area contributed by atoms with Gasteiger partial charge in [0.2, 0.25) is 10.0 Å². The highest BCUT2D eigenvalue weighted by atomic mass is 127. The average Bonchev–Trinajstić information content (AvgIpc) is 3.10. The van der Waals surface area contributed by atoms with Crippen LogP contribution in [0.15, 0.2) is 23.1 Å². The van der Waals surface area contributed by atoms with Gasteiger partial charge in [0.1, 0.15) is 0 Å². The van der Waals surface area contributed by atoms with Crippen LogP contribution in [0.25, 0.3) is 0 Å². The zero-order chi connectivity index (χ0) is 13.3. The van der Waals surface area contributed by atoms with Crippen LogP contribution in [-0.4, -0.2) is 26.0 Å². The quantitative estimate of drug-likeness (QED) is 0.761. The smallest absolute Gasteiger partial charge is 0.336 e. The fourth-order valence-corrected chi connectivity index (χ4v) is 3.18. The molecule has 1 fully saturated rings. The molecule has 0 amide bonds. The van der Waals surface area contributed by atoms with Crippen LogP contribution >= 0.6 is 22.6 Å². The van der Waals surface area contributed by atoms with Gasteiger partial charge in [-0.1, -0.05) is 0 Å². The summed E-state index contributed by atoms with van der Waals surface area (Å²) >= 11 is 1.87. The zero-order valence-corrected chi connectivity index (χ0v) is 12.4. The Morgan fingerprint density at radius 3 is 2.67 bits per heavy atom. The summed E-state index contributed by atoms with van der Waals surface area (Å²) < 4.78 is 26.9. The Labute approximate surface area is 119 Å². The van der Waals surface area contributed by atoms with Gasteiger partial charge in [0.25, 0.3) is 0 Å². The molecule has 0 saturated heterocycles. The molecule has 0 heterocycles. The molecular formula is C11H12INO4S. The summed E-state index contributed by atoms with van der Waals surface area (Å²) in [6.45, 7) is 0.427. The first-order valence-corrected chi connectivity index (χ1v) is 7.99. The van der Waals surface area contributed by atoms with Gasteiger partial charge in [0, 0.05) is 10.1 Å². The van der Waals surface area contributed by atoms with Gasteiger partial charge in [0.05, 0.1) is 10.5 Å². The Morgan fingerprint density at radius 2 is 2.11 bits per heavy atom. The lowest BCUT2D eigenvalue weighted by Crippen LogP contribution is -2.26. The van der Waals surface area contributed by atoms with Crippen LogP contribution in [0.3, 0.4) is 0 Å². The molecule has 0 aliphatic heterocycles. The van der Waals surface area contributed by atoms with Gasteiger partial charge in [-0.25, -0.2) is 17.9 Å². The third kappa shape index (κ3) is 3.21. The molecule has 2 N–H and O–H groups in total. The van der Waals surface area contributed by atoms with Crippen molar-refractivity contribution >= 4 is 38.6 Å². The molecule has 2 rings (SSSR count). The average molecular weight is 381 g/mol. The summed E-state index contributed by atoms with van der Waals surface area (Å²) in [6, 6.07) is 4.11. The molecule has 18 heavy (non-hydrogen) atoms. The van der Waals surface area contributed by atoms with Gasteiger partial charge in [0.15, 0.2) is 0 Å². The maximum atomic E-state index is 11.9. The van der Waals surface area contributed by atoms with Crippen molar-refractivity contribution in [1.82, 2.24) is 4.72 Å². The molecule has 0 radical (unpaired) electrons. The minimum Gasteiger partial charge on any atom is -0.478 e. The highest BCUT2D eigenvalue weighted by molar-refractivity contribution is 14.1. The maximum Gasteiger partial charge on any atom is 0.336 e. The van der Waals surface area contributed by atoms with Gasteiger partial charge in [-0.3, -0.25) is 0 Å². The fraction of sp³-hybridized carbons (Fsp3) is 0.364. The first-order chi connectivity index (χ1) is 8.40. The van der Waals surface area contributed by atoms with Crippen molar-refractivity contribution in [2.24, 2.45) is 5.92 Å². The molecule has 7 heteroatoms. The molecule has 98 valence electrons. The van der Waals surface area contributed by atoms with E-state index in [4.69, 9.17) is 5.11 Å². The maximum absolute atomic E-state index is 11.9. The topological polar surface area (TPSA) is 83.5 Å². The first kappa shape index (κ1) is 13.8. The summed E-state index contributed by atoms with van der Waals surface area (Å²) in [5.41, 5.74) is 0.00453. The molecule has 5 nitrogen and oxygen atoms in total. The number of aromatic carboxylic acids is 1. The van der Waals surface area contributed by atoms with Crippen LogP contribution in [0.5, 0.6) is 0 Å². The van der Waals surface area contributed by atoms with Crippen LogP contribution in [0.4, 0.5) is 0 Å². The second kappa shape index (κ2) is 5.14. The molecule has 1 aromatic rings. The van der Waals surface area contributed by atoms with Crippen molar-refractivity contribution in [3.05, 3.63) is 27.3 Å². The van der Waals surface area contributed by atoms with Crippen molar-refractivity contribution < 1.29 is 18.3 Å². The summed E-state index contributed by atoms with van der Waals surface area (Å²) in [5, 5.41) is 8.96. The third-order valence-corrected chi connectivity index (χ3v) is 5.10. The lowest BCUT2D eigenvalue weighted by molar-refractivity contribution is 0.0695.